The van der Waals surface area contributed by atoms with Gasteiger partial charge in [0.1, 0.15) is 5.82 Å². The molecule has 0 N–H and O–H groups in total. The lowest BCUT2D eigenvalue weighted by Gasteiger charge is -2.34. The van der Waals surface area contributed by atoms with Crippen molar-refractivity contribution in [2.24, 2.45) is 0 Å². The summed E-state index contributed by atoms with van der Waals surface area (Å²) in [6.07, 6.45) is 6.27. The van der Waals surface area contributed by atoms with E-state index in [1.807, 2.05) is 47.4 Å². The zero-order valence-corrected chi connectivity index (χ0v) is 23.7. The second-order valence-electron chi connectivity index (χ2n) is 10.5. The van der Waals surface area contributed by atoms with Crippen LogP contribution in [0.3, 0.4) is 0 Å². The first-order chi connectivity index (χ1) is 19.0. The maximum atomic E-state index is 13.2. The summed E-state index contributed by atoms with van der Waals surface area (Å²) in [6, 6.07) is 20.7. The van der Waals surface area contributed by atoms with E-state index in [1.54, 1.807) is 23.6 Å². The van der Waals surface area contributed by atoms with Crippen molar-refractivity contribution in [1.82, 2.24) is 19.8 Å². The Hall–Kier alpha value is -3.39. The molecule has 39 heavy (non-hydrogen) atoms. The highest BCUT2D eigenvalue weighted by Gasteiger charge is 2.24. The first-order valence-electron chi connectivity index (χ1n) is 13.9. The molecule has 2 amide bonds. The summed E-state index contributed by atoms with van der Waals surface area (Å²) in [4.78, 5) is 40.6. The normalized spacial score (nSPS) is 16.3. The van der Waals surface area contributed by atoms with Crippen molar-refractivity contribution in [2.75, 3.05) is 38.1 Å². The molecule has 8 heteroatoms. The van der Waals surface area contributed by atoms with E-state index in [2.05, 4.69) is 30.1 Å². The molecule has 2 fully saturated rings. The number of aromatic nitrogens is 2. The first kappa shape index (κ1) is 27.2. The number of benzene rings is 2. The minimum atomic E-state index is 0.0174. The quantitative estimate of drug-likeness (QED) is 0.289. The third-order valence-corrected chi connectivity index (χ3v) is 8.72. The fraction of sp³-hybridized carbons (Fsp3) is 0.419. The van der Waals surface area contributed by atoms with Crippen LogP contribution in [0.1, 0.15) is 54.9 Å². The fourth-order valence-electron chi connectivity index (χ4n) is 5.42. The summed E-state index contributed by atoms with van der Waals surface area (Å²) in [6.45, 7) is 3.88. The van der Waals surface area contributed by atoms with Crippen LogP contribution in [-0.2, 0) is 10.5 Å². The number of rotatable bonds is 7. The lowest BCUT2D eigenvalue weighted by Crippen LogP contribution is -2.50. The minimum Gasteiger partial charge on any atom is -0.357 e. The average Bonchev–Trinajstić information content (AvgIpc) is 3.00. The maximum Gasteiger partial charge on any atom is 0.253 e. The smallest absolute Gasteiger partial charge is 0.253 e. The number of anilines is 1. The molecule has 2 heterocycles. The second-order valence-corrected chi connectivity index (χ2v) is 11.4. The molecule has 0 unspecified atom stereocenters. The molecule has 1 saturated carbocycles. The van der Waals surface area contributed by atoms with Crippen molar-refractivity contribution in [1.29, 1.82) is 0 Å². The van der Waals surface area contributed by atoms with E-state index >= 15 is 0 Å². The van der Waals surface area contributed by atoms with Crippen molar-refractivity contribution < 1.29 is 9.59 Å². The number of amides is 2. The lowest BCUT2D eigenvalue weighted by atomic mass is 9.94. The number of thioether (sulfide) groups is 1. The van der Waals surface area contributed by atoms with Crippen LogP contribution >= 0.6 is 11.8 Å². The largest absolute Gasteiger partial charge is 0.357 e. The summed E-state index contributed by atoms with van der Waals surface area (Å²) >= 11 is 1.60. The molecule has 0 atom stereocenters. The highest BCUT2D eigenvalue weighted by Crippen LogP contribution is 2.30. The number of carbonyl (C=O) groups excluding carboxylic acids is 2. The molecular formula is C31H37N5O2S. The van der Waals surface area contributed by atoms with E-state index in [1.165, 1.54) is 32.1 Å². The van der Waals surface area contributed by atoms with Gasteiger partial charge in [-0.25, -0.2) is 9.97 Å². The van der Waals surface area contributed by atoms with E-state index in [-0.39, 0.29) is 11.8 Å². The fourth-order valence-corrected chi connectivity index (χ4v) is 6.22. The van der Waals surface area contributed by atoms with Crippen LogP contribution in [0.5, 0.6) is 0 Å². The van der Waals surface area contributed by atoms with E-state index in [9.17, 15) is 9.59 Å². The van der Waals surface area contributed by atoms with Gasteiger partial charge in [0.15, 0.2) is 5.16 Å². The highest BCUT2D eigenvalue weighted by molar-refractivity contribution is 7.98. The lowest BCUT2D eigenvalue weighted by molar-refractivity contribution is -0.130. The van der Waals surface area contributed by atoms with Crippen LogP contribution in [0.2, 0.25) is 0 Å². The second kappa shape index (κ2) is 12.6. The van der Waals surface area contributed by atoms with Gasteiger partial charge >= 0.3 is 0 Å². The number of piperazine rings is 1. The van der Waals surface area contributed by atoms with Crippen LogP contribution in [-0.4, -0.2) is 70.9 Å². The predicted octanol–water partition coefficient (Wildman–Crippen LogP) is 5.51. The Kier molecular flexibility index (Phi) is 8.81. The Morgan fingerprint density at radius 2 is 1.62 bits per heavy atom. The van der Waals surface area contributed by atoms with Gasteiger partial charge in [0.05, 0.1) is 5.69 Å². The third kappa shape index (κ3) is 6.79. The Balaban J connectivity index is 1.31. The van der Waals surface area contributed by atoms with E-state index in [0.29, 0.717) is 43.5 Å². The Bertz CT molecular complexity index is 1290. The van der Waals surface area contributed by atoms with Gasteiger partial charge in [0.25, 0.3) is 5.91 Å². The summed E-state index contributed by atoms with van der Waals surface area (Å²) in [5, 5.41) is 0.742. The van der Waals surface area contributed by atoms with Gasteiger partial charge < -0.3 is 14.7 Å². The van der Waals surface area contributed by atoms with Crippen molar-refractivity contribution in [3.8, 4) is 11.3 Å². The highest BCUT2D eigenvalue weighted by atomic mass is 32.2. The van der Waals surface area contributed by atoms with Gasteiger partial charge in [0, 0.05) is 69.1 Å². The molecule has 0 radical (unpaired) electrons. The summed E-state index contributed by atoms with van der Waals surface area (Å²) in [5.41, 5.74) is 3.75. The molecule has 1 aliphatic heterocycles. The molecule has 1 aliphatic carbocycles. The predicted molar refractivity (Wildman–Crippen MR) is 157 cm³/mol. The maximum absolute atomic E-state index is 13.2. The summed E-state index contributed by atoms with van der Waals surface area (Å²) in [7, 11) is 2.16. The van der Waals surface area contributed by atoms with Gasteiger partial charge in [-0.1, -0.05) is 73.5 Å². The zero-order chi connectivity index (χ0) is 27.2. The van der Waals surface area contributed by atoms with Crippen molar-refractivity contribution >= 4 is 29.4 Å². The van der Waals surface area contributed by atoms with E-state index < -0.39 is 0 Å². The van der Waals surface area contributed by atoms with Gasteiger partial charge in [0.2, 0.25) is 5.91 Å². The van der Waals surface area contributed by atoms with Gasteiger partial charge in [-0.05, 0) is 30.5 Å². The van der Waals surface area contributed by atoms with Crippen LogP contribution < -0.4 is 4.90 Å². The van der Waals surface area contributed by atoms with Gasteiger partial charge in [-0.2, -0.15) is 0 Å². The zero-order valence-electron chi connectivity index (χ0n) is 22.9. The Labute approximate surface area is 235 Å². The van der Waals surface area contributed by atoms with E-state index in [4.69, 9.17) is 9.97 Å². The first-order valence-corrected chi connectivity index (χ1v) is 14.9. The topological polar surface area (TPSA) is 69.6 Å². The van der Waals surface area contributed by atoms with Crippen molar-refractivity contribution in [3.05, 3.63) is 71.8 Å². The summed E-state index contributed by atoms with van der Waals surface area (Å²) < 4.78 is 0. The molecule has 204 valence electrons. The number of hydrogen-bond acceptors (Lipinski definition) is 6. The number of nitrogens with zero attached hydrogens (tertiary/aromatic N) is 5. The van der Waals surface area contributed by atoms with Crippen LogP contribution in [0, 0.1) is 0 Å². The van der Waals surface area contributed by atoms with Gasteiger partial charge in [-0.15, -0.1) is 0 Å². The molecule has 2 aromatic carbocycles. The Morgan fingerprint density at radius 3 is 2.33 bits per heavy atom. The molecular weight excluding hydrogens is 506 g/mol. The monoisotopic (exact) mass is 543 g/mol. The minimum absolute atomic E-state index is 0.0174. The van der Waals surface area contributed by atoms with Crippen LogP contribution in [0.15, 0.2) is 65.8 Å². The molecule has 2 aliphatic rings. The summed E-state index contributed by atoms with van der Waals surface area (Å²) in [5.74, 6) is 1.72. The molecule has 0 spiro atoms. The Morgan fingerprint density at radius 1 is 0.897 bits per heavy atom. The van der Waals surface area contributed by atoms with Crippen molar-refractivity contribution in [3.63, 3.8) is 0 Å². The number of carbonyl (C=O) groups is 2. The van der Waals surface area contributed by atoms with Crippen molar-refractivity contribution in [2.45, 2.75) is 56.0 Å². The molecule has 7 nitrogen and oxygen atoms in total. The van der Waals surface area contributed by atoms with E-state index in [0.717, 1.165) is 27.8 Å². The molecule has 5 rings (SSSR count). The number of hydrogen-bond donors (Lipinski definition) is 0. The van der Waals surface area contributed by atoms with Crippen LogP contribution in [0.4, 0.5) is 5.82 Å². The molecule has 1 saturated heterocycles. The standard InChI is InChI=1S/C31H37N5O2S/c1-23(37)35-16-18-36(19-17-35)30(38)26-13-9-10-24(20-26)22-39-31-32-28(25-11-5-3-6-12-25)21-29(33-31)34(2)27-14-7-4-8-15-27/h3,5-6,9-13,20-21,27H,4,7-8,14-19,22H2,1-2H3. The van der Waals surface area contributed by atoms with Crippen LogP contribution in [0.25, 0.3) is 11.3 Å². The third-order valence-electron chi connectivity index (χ3n) is 7.80. The average molecular weight is 544 g/mol. The van der Waals surface area contributed by atoms with Gasteiger partial charge in [-0.3, -0.25) is 9.59 Å². The molecule has 0 bridgehead atoms. The SMILES string of the molecule is CC(=O)N1CCN(C(=O)c2cccc(CSc3nc(-c4ccccc4)cc(N(C)C4CCCCC4)n3)c2)CC1. The molecule has 3 aromatic rings. The molecule has 1 aromatic heterocycles.